The Kier molecular flexibility index (Phi) is 46.8. The Hall–Kier alpha value is 1.40. The summed E-state index contributed by atoms with van der Waals surface area (Å²) < 4.78 is 8.88. The van der Waals surface area contributed by atoms with E-state index >= 15 is 0 Å². The van der Waals surface area contributed by atoms with Crippen molar-refractivity contribution < 1.29 is 19.2 Å². The fourth-order valence-electron chi connectivity index (χ4n) is 0. The summed E-state index contributed by atoms with van der Waals surface area (Å²) in [6.45, 7) is 5.75. The third-order valence-corrected chi connectivity index (χ3v) is 0. The number of rotatable bonds is 0. The van der Waals surface area contributed by atoms with Gasteiger partial charge in [0.25, 0.3) is 0 Å². The predicted octanol–water partition coefficient (Wildman–Crippen LogP) is 0.545. The van der Waals surface area contributed by atoms with Gasteiger partial charge in [-0.3, -0.25) is 0 Å². The second-order valence-corrected chi connectivity index (χ2v) is 1.54. The molecule has 0 fully saturated rings. The van der Waals surface area contributed by atoms with E-state index in [4.69, 9.17) is 19.2 Å². The van der Waals surface area contributed by atoms with E-state index in [0.29, 0.717) is 0 Å². The third kappa shape index (κ3) is 514. The van der Waals surface area contributed by atoms with Gasteiger partial charge >= 0.3 is 7.82 Å². The average molecular weight is 242 g/mol. The van der Waals surface area contributed by atoms with Crippen molar-refractivity contribution in [3.8, 4) is 0 Å². The summed E-state index contributed by atoms with van der Waals surface area (Å²) in [7, 11) is 2.61. The van der Waals surface area contributed by atoms with Crippen molar-refractivity contribution in [1.82, 2.24) is 0 Å². The van der Waals surface area contributed by atoms with Gasteiger partial charge in [-0.1, -0.05) is 20.0 Å². The van der Waals surface area contributed by atoms with Crippen LogP contribution in [-0.2, 0) is 4.57 Å². The molecule has 3 atom stereocenters. The van der Waals surface area contributed by atoms with Crippen molar-refractivity contribution in [3.05, 3.63) is 0 Å². The van der Waals surface area contributed by atoms with Crippen molar-refractivity contribution in [3.63, 3.8) is 0 Å². The van der Waals surface area contributed by atoms with E-state index < -0.39 is 7.82 Å². The first-order valence-corrected chi connectivity index (χ1v) is 7.54. The van der Waals surface area contributed by atoms with Crippen LogP contribution >= 0.6 is 35.5 Å². The molecule has 0 saturated carbocycles. The molecule has 0 amide bonds. The van der Waals surface area contributed by atoms with Crippen LogP contribution in [0.5, 0.6) is 0 Å². The maximum Gasteiger partial charge on any atom is 0.466 e. The summed E-state index contributed by atoms with van der Waals surface area (Å²) in [5, 5.41) is 0. The number of hydrogen-bond acceptors (Lipinski definition) is 1. The van der Waals surface area contributed by atoms with Crippen molar-refractivity contribution in [2.75, 3.05) is 20.0 Å². The molecular weight excluding hydrogens is 224 g/mol. The van der Waals surface area contributed by atoms with Gasteiger partial charge in [0.1, 0.15) is 0 Å². The summed E-state index contributed by atoms with van der Waals surface area (Å²) in [5.74, 6) is 0. The summed E-state index contributed by atoms with van der Waals surface area (Å²) >= 11 is 0. The van der Waals surface area contributed by atoms with Gasteiger partial charge in [0.2, 0.25) is 0 Å². The molecule has 8 heteroatoms. The summed E-state index contributed by atoms with van der Waals surface area (Å²) in [5.41, 5.74) is 0. The van der Waals surface area contributed by atoms with Crippen LogP contribution in [0, 0.1) is 0 Å². The minimum atomic E-state index is -4.64. The highest BCUT2D eigenvalue weighted by atomic mass is 31.2. The predicted molar refractivity (Wildman–Crippen MR) is 61.2 cm³/mol. The quantitative estimate of drug-likeness (QED) is 0.542. The molecule has 0 aliphatic carbocycles. The van der Waals surface area contributed by atoms with E-state index in [9.17, 15) is 0 Å². The highest BCUT2D eigenvalue weighted by Crippen LogP contribution is 2.25. The molecule has 0 rings (SSSR count). The van der Waals surface area contributed by atoms with Gasteiger partial charge in [-0.15, -0.1) is 27.7 Å². The summed E-state index contributed by atoms with van der Waals surface area (Å²) in [4.78, 5) is 21.6. The van der Waals surface area contributed by atoms with E-state index in [1.165, 1.54) is 0 Å². The Bertz CT molecular complexity index is 63.5. The lowest BCUT2D eigenvalue weighted by Gasteiger charge is -1.82. The summed E-state index contributed by atoms with van der Waals surface area (Å²) in [6, 6.07) is 0. The summed E-state index contributed by atoms with van der Waals surface area (Å²) in [6.07, 6.45) is 0. The smallest absolute Gasteiger partial charge is 0.303 e. The molecular formula is C3H18O4P4. The molecule has 0 aromatic rings. The lowest BCUT2D eigenvalue weighted by Crippen LogP contribution is -1.66. The molecule has 0 saturated heterocycles. The van der Waals surface area contributed by atoms with Crippen LogP contribution < -0.4 is 0 Å². The van der Waals surface area contributed by atoms with Crippen molar-refractivity contribution in [2.45, 2.75) is 0 Å². The van der Waals surface area contributed by atoms with E-state index in [1.807, 2.05) is 20.0 Å². The second kappa shape index (κ2) is 22.5. The van der Waals surface area contributed by atoms with Crippen molar-refractivity contribution in [2.24, 2.45) is 0 Å². The minimum absolute atomic E-state index is 1.92. The Balaban J connectivity index is -0.0000000350. The highest BCUT2D eigenvalue weighted by Gasteiger charge is 2.00. The van der Waals surface area contributed by atoms with Crippen LogP contribution in [0.15, 0.2) is 0 Å². The van der Waals surface area contributed by atoms with Gasteiger partial charge < -0.3 is 14.7 Å². The first-order valence-electron chi connectivity index (χ1n) is 2.51. The Labute approximate surface area is 75.4 Å². The van der Waals surface area contributed by atoms with E-state index in [1.54, 1.807) is 0 Å². The Morgan fingerprint density at radius 1 is 0.818 bits per heavy atom. The molecule has 0 aromatic carbocycles. The minimum Gasteiger partial charge on any atom is -0.303 e. The van der Waals surface area contributed by atoms with Crippen LogP contribution in [0.3, 0.4) is 0 Å². The van der Waals surface area contributed by atoms with Crippen LogP contribution in [0.4, 0.5) is 0 Å². The maximum absolute atomic E-state index is 8.88. The van der Waals surface area contributed by atoms with E-state index in [-0.39, 0.29) is 0 Å². The van der Waals surface area contributed by atoms with Crippen LogP contribution in [0.25, 0.3) is 0 Å². The Morgan fingerprint density at radius 2 is 0.818 bits per heavy atom. The zero-order valence-electron chi connectivity index (χ0n) is 6.93. The van der Waals surface area contributed by atoms with E-state index in [2.05, 4.69) is 27.7 Å². The highest BCUT2D eigenvalue weighted by molar-refractivity contribution is 7.45. The standard InChI is InChI=1S/3CH5P.H3O4P/c3*1-2;1-5(2,3)4/h3*2H2,1H3;(H3,1,2,3,4). The molecule has 0 aliphatic rings. The maximum atomic E-state index is 8.88. The molecule has 0 spiro atoms. The lowest BCUT2D eigenvalue weighted by molar-refractivity contribution is 0.275. The van der Waals surface area contributed by atoms with Crippen molar-refractivity contribution >= 4 is 35.5 Å². The first kappa shape index (κ1) is 22.8. The van der Waals surface area contributed by atoms with Gasteiger partial charge in [0.05, 0.1) is 0 Å². The zero-order valence-corrected chi connectivity index (χ0v) is 11.3. The topological polar surface area (TPSA) is 77.8 Å². The van der Waals surface area contributed by atoms with Gasteiger partial charge in [-0.25, -0.2) is 4.57 Å². The molecule has 11 heavy (non-hydrogen) atoms. The molecule has 3 unspecified atom stereocenters. The largest absolute Gasteiger partial charge is 0.466 e. The van der Waals surface area contributed by atoms with Gasteiger partial charge in [0.15, 0.2) is 0 Å². The molecule has 0 radical (unpaired) electrons. The van der Waals surface area contributed by atoms with Gasteiger partial charge in [-0.05, 0) is 0 Å². The Morgan fingerprint density at radius 3 is 0.818 bits per heavy atom. The van der Waals surface area contributed by atoms with Gasteiger partial charge in [-0.2, -0.15) is 0 Å². The van der Waals surface area contributed by atoms with Crippen LogP contribution in [-0.4, -0.2) is 34.7 Å². The lowest BCUT2D eigenvalue weighted by atomic mass is 12.0. The third-order valence-electron chi connectivity index (χ3n) is 0. The second-order valence-electron chi connectivity index (χ2n) is 0.513. The SMILES string of the molecule is CP.CP.CP.O=P(O)(O)O. The normalized spacial score (nSPS) is 7.00. The fraction of sp³-hybridized carbons (Fsp3) is 1.00. The zero-order chi connectivity index (χ0) is 10.5. The molecule has 0 heterocycles. The monoisotopic (exact) mass is 242 g/mol. The molecule has 4 nitrogen and oxygen atoms in total. The molecule has 0 aliphatic heterocycles. The fourth-order valence-corrected chi connectivity index (χ4v) is 0. The van der Waals surface area contributed by atoms with E-state index in [0.717, 1.165) is 0 Å². The van der Waals surface area contributed by atoms with Gasteiger partial charge in [0, 0.05) is 0 Å². The first-order chi connectivity index (χ1) is 5.00. The molecule has 74 valence electrons. The number of hydrogen-bond donors (Lipinski definition) is 3. The molecule has 0 bridgehead atoms. The molecule has 0 aromatic heterocycles. The molecule has 3 N–H and O–H groups in total. The number of phosphoric acid groups is 1. The van der Waals surface area contributed by atoms with Crippen molar-refractivity contribution in [1.29, 1.82) is 0 Å². The van der Waals surface area contributed by atoms with Crippen LogP contribution in [0.2, 0.25) is 0 Å². The van der Waals surface area contributed by atoms with Crippen LogP contribution in [0.1, 0.15) is 0 Å². The average Bonchev–Trinajstić information content (AvgIpc) is 1.96.